The van der Waals surface area contributed by atoms with Crippen molar-refractivity contribution in [2.45, 2.75) is 40.2 Å². The maximum absolute atomic E-state index is 5.92. The van der Waals surface area contributed by atoms with Crippen LogP contribution >= 0.6 is 11.6 Å². The second-order valence-corrected chi connectivity index (χ2v) is 4.41. The average molecular weight is 242 g/mol. The van der Waals surface area contributed by atoms with Crippen molar-refractivity contribution in [1.29, 1.82) is 0 Å². The molecule has 0 fully saturated rings. The molecular weight excluding hydrogens is 222 g/mol. The van der Waals surface area contributed by atoms with Crippen molar-refractivity contribution < 1.29 is 0 Å². The molecule has 4 heteroatoms. The molecule has 0 saturated carbocycles. The minimum Gasteiger partial charge on any atom is -0.296 e. The second-order valence-electron chi connectivity index (χ2n) is 4.02. The maximum Gasteiger partial charge on any atom is 0.144 e. The first-order valence-corrected chi connectivity index (χ1v) is 6.26. The molecule has 0 atom stereocenters. The van der Waals surface area contributed by atoms with E-state index in [0.717, 1.165) is 44.0 Å². The van der Waals surface area contributed by atoms with Crippen molar-refractivity contribution >= 4 is 11.6 Å². The van der Waals surface area contributed by atoms with Crippen molar-refractivity contribution in [2.75, 3.05) is 13.1 Å². The van der Waals surface area contributed by atoms with Gasteiger partial charge in [0.15, 0.2) is 0 Å². The van der Waals surface area contributed by atoms with Crippen molar-refractivity contribution in [1.82, 2.24) is 14.9 Å². The molecule has 0 bridgehead atoms. The molecule has 0 aliphatic carbocycles. The second kappa shape index (κ2) is 6.81. The van der Waals surface area contributed by atoms with E-state index >= 15 is 0 Å². The van der Waals surface area contributed by atoms with Gasteiger partial charge in [-0.3, -0.25) is 4.90 Å². The first-order valence-electron chi connectivity index (χ1n) is 5.88. The number of hydrogen-bond acceptors (Lipinski definition) is 3. The summed E-state index contributed by atoms with van der Waals surface area (Å²) in [7, 11) is 0. The van der Waals surface area contributed by atoms with E-state index in [-0.39, 0.29) is 0 Å². The summed E-state index contributed by atoms with van der Waals surface area (Å²) in [6, 6.07) is 1.79. The number of hydrogen-bond donors (Lipinski definition) is 0. The topological polar surface area (TPSA) is 29.0 Å². The highest BCUT2D eigenvalue weighted by Gasteiger charge is 2.07. The standard InChI is InChI=1S/C12H20ClN3/c1-4-6-16(7-5-2)9-12-14-10(3)8-11(13)15-12/h8H,4-7,9H2,1-3H3. The lowest BCUT2D eigenvalue weighted by Gasteiger charge is -2.19. The monoisotopic (exact) mass is 241 g/mol. The van der Waals surface area contributed by atoms with Crippen molar-refractivity contribution in [3.63, 3.8) is 0 Å². The molecule has 0 unspecified atom stereocenters. The van der Waals surface area contributed by atoms with Crippen LogP contribution in [0.4, 0.5) is 0 Å². The maximum atomic E-state index is 5.92. The fraction of sp³-hybridized carbons (Fsp3) is 0.667. The van der Waals surface area contributed by atoms with Crippen LogP contribution in [-0.2, 0) is 6.54 Å². The van der Waals surface area contributed by atoms with Crippen LogP contribution in [0.25, 0.3) is 0 Å². The summed E-state index contributed by atoms with van der Waals surface area (Å²) in [6.07, 6.45) is 2.30. The minimum absolute atomic E-state index is 0.537. The molecule has 1 aromatic rings. The third-order valence-corrected chi connectivity index (χ3v) is 2.51. The summed E-state index contributed by atoms with van der Waals surface area (Å²) < 4.78 is 0. The Bertz CT molecular complexity index is 302. The van der Waals surface area contributed by atoms with E-state index in [4.69, 9.17) is 11.6 Å². The summed E-state index contributed by atoms with van der Waals surface area (Å²) in [5, 5.41) is 0.537. The van der Waals surface area contributed by atoms with E-state index in [1.54, 1.807) is 6.07 Å². The minimum atomic E-state index is 0.537. The largest absolute Gasteiger partial charge is 0.296 e. The highest BCUT2D eigenvalue weighted by molar-refractivity contribution is 6.29. The van der Waals surface area contributed by atoms with Crippen LogP contribution in [0.5, 0.6) is 0 Å². The average Bonchev–Trinajstić information content (AvgIpc) is 2.16. The number of aryl methyl sites for hydroxylation is 1. The van der Waals surface area contributed by atoms with Crippen molar-refractivity contribution in [2.24, 2.45) is 0 Å². The van der Waals surface area contributed by atoms with Gasteiger partial charge in [0.1, 0.15) is 11.0 Å². The smallest absolute Gasteiger partial charge is 0.144 e. The first-order chi connectivity index (χ1) is 7.65. The van der Waals surface area contributed by atoms with Crippen molar-refractivity contribution in [3.05, 3.63) is 22.7 Å². The lowest BCUT2D eigenvalue weighted by atomic mass is 10.3. The van der Waals surface area contributed by atoms with Gasteiger partial charge in [-0.25, -0.2) is 9.97 Å². The molecule has 1 rings (SSSR count). The van der Waals surface area contributed by atoms with Crippen LogP contribution in [0.2, 0.25) is 5.15 Å². The van der Waals surface area contributed by atoms with E-state index in [1.807, 2.05) is 6.92 Å². The Morgan fingerprint density at radius 2 is 1.81 bits per heavy atom. The zero-order valence-corrected chi connectivity index (χ0v) is 11.1. The van der Waals surface area contributed by atoms with E-state index in [1.165, 1.54) is 0 Å². The van der Waals surface area contributed by atoms with Gasteiger partial charge in [-0.1, -0.05) is 25.4 Å². The number of aromatic nitrogens is 2. The van der Waals surface area contributed by atoms with Crippen LogP contribution in [-0.4, -0.2) is 28.0 Å². The van der Waals surface area contributed by atoms with E-state index in [0.29, 0.717) is 5.15 Å². The SMILES string of the molecule is CCCN(CCC)Cc1nc(C)cc(Cl)n1. The quantitative estimate of drug-likeness (QED) is 0.717. The summed E-state index contributed by atoms with van der Waals surface area (Å²) in [5.74, 6) is 0.826. The Hall–Kier alpha value is -0.670. The fourth-order valence-corrected chi connectivity index (χ4v) is 2.02. The van der Waals surface area contributed by atoms with Gasteiger partial charge in [-0.2, -0.15) is 0 Å². The Labute approximate surface area is 103 Å². The van der Waals surface area contributed by atoms with E-state index in [2.05, 4.69) is 28.7 Å². The van der Waals surface area contributed by atoms with Crippen molar-refractivity contribution in [3.8, 4) is 0 Å². The van der Waals surface area contributed by atoms with Gasteiger partial charge in [-0.05, 0) is 38.9 Å². The zero-order chi connectivity index (χ0) is 12.0. The summed E-state index contributed by atoms with van der Waals surface area (Å²) in [4.78, 5) is 11.0. The van der Waals surface area contributed by atoms with E-state index in [9.17, 15) is 0 Å². The van der Waals surface area contributed by atoms with Crippen LogP contribution in [0.15, 0.2) is 6.07 Å². The Balaban J connectivity index is 2.68. The molecule has 0 N–H and O–H groups in total. The molecule has 0 amide bonds. The van der Waals surface area contributed by atoms with Gasteiger partial charge in [0, 0.05) is 5.69 Å². The van der Waals surface area contributed by atoms with Crippen LogP contribution in [0, 0.1) is 6.92 Å². The third-order valence-electron chi connectivity index (χ3n) is 2.31. The summed E-state index contributed by atoms with van der Waals surface area (Å²) in [5.41, 5.74) is 0.933. The fourth-order valence-electron chi connectivity index (χ4n) is 1.76. The lowest BCUT2D eigenvalue weighted by Crippen LogP contribution is -2.26. The molecule has 0 saturated heterocycles. The molecule has 16 heavy (non-hydrogen) atoms. The summed E-state index contributed by atoms with van der Waals surface area (Å²) in [6.45, 7) is 9.29. The number of halogens is 1. The molecule has 1 aromatic heterocycles. The van der Waals surface area contributed by atoms with Crippen LogP contribution in [0.1, 0.15) is 38.2 Å². The highest BCUT2D eigenvalue weighted by atomic mass is 35.5. The van der Waals surface area contributed by atoms with Crippen LogP contribution < -0.4 is 0 Å². The Kier molecular flexibility index (Phi) is 5.71. The predicted octanol–water partition coefficient (Wildman–Crippen LogP) is 3.06. The number of rotatable bonds is 6. The molecular formula is C12H20ClN3. The predicted molar refractivity (Wildman–Crippen MR) is 67.6 cm³/mol. The third kappa shape index (κ3) is 4.45. The number of nitrogens with zero attached hydrogens (tertiary/aromatic N) is 3. The molecule has 0 aliphatic heterocycles. The Morgan fingerprint density at radius 1 is 1.19 bits per heavy atom. The lowest BCUT2D eigenvalue weighted by molar-refractivity contribution is 0.260. The van der Waals surface area contributed by atoms with E-state index < -0.39 is 0 Å². The van der Waals surface area contributed by atoms with Gasteiger partial charge < -0.3 is 0 Å². The molecule has 0 aliphatic rings. The van der Waals surface area contributed by atoms with Crippen LogP contribution in [0.3, 0.4) is 0 Å². The molecule has 0 aromatic carbocycles. The molecule has 0 spiro atoms. The molecule has 0 radical (unpaired) electrons. The van der Waals surface area contributed by atoms with Gasteiger partial charge in [0.25, 0.3) is 0 Å². The summed E-state index contributed by atoms with van der Waals surface area (Å²) >= 11 is 5.92. The first kappa shape index (κ1) is 13.4. The van der Waals surface area contributed by atoms with Gasteiger partial charge in [0.05, 0.1) is 6.54 Å². The molecule has 1 heterocycles. The van der Waals surface area contributed by atoms with Gasteiger partial charge >= 0.3 is 0 Å². The Morgan fingerprint density at radius 3 is 2.31 bits per heavy atom. The zero-order valence-electron chi connectivity index (χ0n) is 10.3. The van der Waals surface area contributed by atoms with Gasteiger partial charge in [-0.15, -0.1) is 0 Å². The normalized spacial score (nSPS) is 11.1. The molecule has 90 valence electrons. The molecule has 3 nitrogen and oxygen atoms in total. The highest BCUT2D eigenvalue weighted by Crippen LogP contribution is 2.08. The van der Waals surface area contributed by atoms with Gasteiger partial charge in [0.2, 0.25) is 0 Å².